The molecule has 0 amide bonds. The highest BCUT2D eigenvalue weighted by Gasteiger charge is 2.31. The van der Waals surface area contributed by atoms with Gasteiger partial charge in [-0.3, -0.25) is 4.39 Å². The van der Waals surface area contributed by atoms with Crippen molar-refractivity contribution in [3.8, 4) is 5.75 Å². The van der Waals surface area contributed by atoms with Crippen molar-refractivity contribution in [1.82, 2.24) is 0 Å². The van der Waals surface area contributed by atoms with Crippen molar-refractivity contribution in [2.75, 3.05) is 13.3 Å². The monoisotopic (exact) mass is 396 g/mol. The summed E-state index contributed by atoms with van der Waals surface area (Å²) in [6, 6.07) is 2.85. The summed E-state index contributed by atoms with van der Waals surface area (Å²) >= 11 is 0. The molecule has 0 aromatic heterocycles. The molecule has 2 aliphatic carbocycles. The summed E-state index contributed by atoms with van der Waals surface area (Å²) in [5, 5.41) is 0. The maximum atomic E-state index is 14.3. The lowest BCUT2D eigenvalue weighted by Crippen LogP contribution is -2.25. The Morgan fingerprint density at radius 1 is 0.893 bits per heavy atom. The Balaban J connectivity index is 1.52. The normalized spacial score (nSPS) is 28.3. The van der Waals surface area contributed by atoms with Crippen LogP contribution < -0.4 is 4.74 Å². The van der Waals surface area contributed by atoms with Crippen molar-refractivity contribution in [1.29, 1.82) is 0 Å². The van der Waals surface area contributed by atoms with E-state index in [1.807, 2.05) is 0 Å². The summed E-state index contributed by atoms with van der Waals surface area (Å²) in [4.78, 5) is 0. The smallest absolute Gasteiger partial charge is 0.190 e. The lowest BCUT2D eigenvalue weighted by molar-refractivity contribution is 0.156. The Kier molecular flexibility index (Phi) is 8.11. The van der Waals surface area contributed by atoms with Crippen LogP contribution in [0.1, 0.15) is 89.0 Å². The molecule has 0 N–H and O–H groups in total. The van der Waals surface area contributed by atoms with Gasteiger partial charge in [0, 0.05) is 6.42 Å². The van der Waals surface area contributed by atoms with E-state index in [-0.39, 0.29) is 24.7 Å². The van der Waals surface area contributed by atoms with Gasteiger partial charge in [0.05, 0.1) is 13.3 Å². The molecule has 158 valence electrons. The molecule has 0 bridgehead atoms. The van der Waals surface area contributed by atoms with Gasteiger partial charge in [-0.15, -0.1) is 0 Å². The van der Waals surface area contributed by atoms with Crippen LogP contribution in [0, 0.1) is 29.4 Å². The van der Waals surface area contributed by atoms with Crippen molar-refractivity contribution in [2.45, 2.75) is 83.5 Å². The van der Waals surface area contributed by atoms with Crippen molar-refractivity contribution in [2.24, 2.45) is 17.8 Å². The summed E-state index contributed by atoms with van der Waals surface area (Å²) in [6.07, 6.45) is 12.7. The highest BCUT2D eigenvalue weighted by atomic mass is 19.1. The second kappa shape index (κ2) is 10.5. The lowest BCUT2D eigenvalue weighted by atomic mass is 9.68. The number of hydrogen-bond acceptors (Lipinski definition) is 1. The zero-order valence-corrected chi connectivity index (χ0v) is 17.2. The molecule has 3 rings (SSSR count). The quantitative estimate of drug-likeness (QED) is 0.411. The van der Waals surface area contributed by atoms with Gasteiger partial charge in [0.2, 0.25) is 0 Å². The average molecular weight is 397 g/mol. The van der Waals surface area contributed by atoms with Crippen LogP contribution >= 0.6 is 0 Å². The minimum Gasteiger partial charge on any atom is -0.488 e. The fraction of sp³-hybridized carbons (Fsp3) is 0.750. The molecule has 2 fully saturated rings. The maximum Gasteiger partial charge on any atom is 0.190 e. The van der Waals surface area contributed by atoms with Crippen LogP contribution in [-0.2, 0) is 0 Å². The predicted octanol–water partition coefficient (Wildman–Crippen LogP) is 7.58. The molecular weight excluding hydrogens is 361 g/mol. The Bertz CT molecular complexity index is 579. The minimum absolute atomic E-state index is 0.00467. The molecule has 0 unspecified atom stereocenters. The highest BCUT2D eigenvalue weighted by Crippen LogP contribution is 2.45. The van der Waals surface area contributed by atoms with Crippen LogP contribution in [0.15, 0.2) is 12.1 Å². The molecule has 0 heterocycles. The van der Waals surface area contributed by atoms with Crippen LogP contribution in [-0.4, -0.2) is 13.3 Å². The van der Waals surface area contributed by atoms with Gasteiger partial charge < -0.3 is 4.74 Å². The Labute approximate surface area is 168 Å². The van der Waals surface area contributed by atoms with E-state index in [9.17, 15) is 13.2 Å². The van der Waals surface area contributed by atoms with Crippen molar-refractivity contribution in [3.63, 3.8) is 0 Å². The van der Waals surface area contributed by atoms with E-state index in [0.29, 0.717) is 0 Å². The number of ether oxygens (including phenoxy) is 1. The third-order valence-electron chi connectivity index (χ3n) is 7.04. The van der Waals surface area contributed by atoms with Gasteiger partial charge in [-0.2, -0.15) is 0 Å². The van der Waals surface area contributed by atoms with E-state index in [0.717, 1.165) is 36.2 Å². The first-order chi connectivity index (χ1) is 13.6. The molecule has 1 aromatic carbocycles. The summed E-state index contributed by atoms with van der Waals surface area (Å²) < 4.78 is 45.8. The molecule has 4 heteroatoms. The Morgan fingerprint density at radius 3 is 2.00 bits per heavy atom. The van der Waals surface area contributed by atoms with Crippen LogP contribution in [0.3, 0.4) is 0 Å². The second-order valence-electron chi connectivity index (χ2n) is 8.89. The molecule has 0 radical (unpaired) electrons. The summed E-state index contributed by atoms with van der Waals surface area (Å²) in [7, 11) is 0. The van der Waals surface area contributed by atoms with Gasteiger partial charge in [-0.25, -0.2) is 8.78 Å². The second-order valence-corrected chi connectivity index (χ2v) is 8.89. The largest absolute Gasteiger partial charge is 0.488 e. The minimum atomic E-state index is -0.662. The third-order valence-corrected chi connectivity index (χ3v) is 7.04. The van der Waals surface area contributed by atoms with E-state index < -0.39 is 18.3 Å². The van der Waals surface area contributed by atoms with Gasteiger partial charge in [0.15, 0.2) is 17.4 Å². The lowest BCUT2D eigenvalue weighted by Gasteiger charge is -2.38. The fourth-order valence-electron chi connectivity index (χ4n) is 5.46. The summed E-state index contributed by atoms with van der Waals surface area (Å²) in [6.45, 7) is 1.72. The van der Waals surface area contributed by atoms with Crippen LogP contribution in [0.25, 0.3) is 0 Å². The Hall–Kier alpha value is -1.19. The molecule has 0 aliphatic heterocycles. The number of rotatable bonds is 8. The molecule has 0 saturated heterocycles. The van der Waals surface area contributed by atoms with Crippen molar-refractivity contribution in [3.05, 3.63) is 29.3 Å². The summed E-state index contributed by atoms with van der Waals surface area (Å²) in [5.74, 6) is 1.13. The Morgan fingerprint density at radius 2 is 1.46 bits per heavy atom. The van der Waals surface area contributed by atoms with Gasteiger partial charge in [0.1, 0.15) is 0 Å². The number of alkyl halides is 1. The van der Waals surface area contributed by atoms with E-state index in [1.165, 1.54) is 63.5 Å². The number of hydrogen-bond donors (Lipinski definition) is 0. The summed E-state index contributed by atoms with van der Waals surface area (Å²) in [5.41, 5.74) is 0.748. The third kappa shape index (κ3) is 5.45. The molecule has 0 spiro atoms. The SMILES string of the molecule is CCCC1CCC(C2CCC(c3cc(F)c(OCCCF)c(F)c3)CC2)CC1. The van der Waals surface area contributed by atoms with E-state index >= 15 is 0 Å². The van der Waals surface area contributed by atoms with Gasteiger partial charge in [-0.05, 0) is 79.9 Å². The van der Waals surface area contributed by atoms with E-state index in [2.05, 4.69) is 6.92 Å². The molecule has 2 aliphatic rings. The predicted molar refractivity (Wildman–Crippen MR) is 108 cm³/mol. The van der Waals surface area contributed by atoms with Crippen LogP contribution in [0.2, 0.25) is 0 Å². The van der Waals surface area contributed by atoms with Gasteiger partial charge >= 0.3 is 0 Å². The highest BCUT2D eigenvalue weighted by molar-refractivity contribution is 5.33. The molecule has 1 nitrogen and oxygen atoms in total. The molecular formula is C24H35F3O. The molecule has 2 saturated carbocycles. The first kappa shape index (κ1) is 21.5. The molecule has 1 aromatic rings. The first-order valence-corrected chi connectivity index (χ1v) is 11.3. The zero-order chi connectivity index (χ0) is 19.9. The van der Waals surface area contributed by atoms with Gasteiger partial charge in [-0.1, -0.05) is 32.6 Å². The van der Waals surface area contributed by atoms with Crippen molar-refractivity contribution >= 4 is 0 Å². The fourth-order valence-corrected chi connectivity index (χ4v) is 5.46. The maximum absolute atomic E-state index is 14.3. The van der Waals surface area contributed by atoms with E-state index in [1.54, 1.807) is 0 Å². The molecule has 28 heavy (non-hydrogen) atoms. The van der Waals surface area contributed by atoms with E-state index in [4.69, 9.17) is 4.74 Å². The number of halogens is 3. The topological polar surface area (TPSA) is 9.23 Å². The molecule has 0 atom stereocenters. The number of benzene rings is 1. The first-order valence-electron chi connectivity index (χ1n) is 11.3. The standard InChI is InChI=1S/C24H35F3O/c1-2-4-17-5-7-18(8-6-17)19-9-11-20(12-10-19)21-15-22(26)24(23(27)16-21)28-14-3-13-25/h15-20H,2-14H2,1H3. The van der Waals surface area contributed by atoms with Crippen LogP contribution in [0.4, 0.5) is 13.2 Å². The zero-order valence-electron chi connectivity index (χ0n) is 17.2. The van der Waals surface area contributed by atoms with Gasteiger partial charge in [0.25, 0.3) is 0 Å². The average Bonchev–Trinajstić information content (AvgIpc) is 2.71. The van der Waals surface area contributed by atoms with Crippen molar-refractivity contribution < 1.29 is 17.9 Å². The van der Waals surface area contributed by atoms with Crippen LogP contribution in [0.5, 0.6) is 5.75 Å².